The third-order valence-corrected chi connectivity index (χ3v) is 4.36. The van der Waals surface area contributed by atoms with Crippen molar-refractivity contribution in [2.24, 2.45) is 0 Å². The minimum atomic E-state index is -1.02. The van der Waals surface area contributed by atoms with Crippen LogP contribution in [0.15, 0.2) is 24.3 Å². The van der Waals surface area contributed by atoms with Crippen molar-refractivity contribution >= 4 is 11.9 Å². The summed E-state index contributed by atoms with van der Waals surface area (Å²) >= 11 is 0. The molecule has 6 heteroatoms. The van der Waals surface area contributed by atoms with Crippen LogP contribution in [0, 0.1) is 0 Å². The number of amides is 1. The largest absolute Gasteiger partial charge is 0.480 e. The van der Waals surface area contributed by atoms with E-state index in [0.29, 0.717) is 5.56 Å². The highest BCUT2D eigenvalue weighted by Gasteiger charge is 2.24. The Bertz CT molecular complexity index is 577. The van der Waals surface area contributed by atoms with Gasteiger partial charge in [-0.25, -0.2) is 4.79 Å². The van der Waals surface area contributed by atoms with E-state index in [1.165, 1.54) is 18.9 Å². The van der Waals surface area contributed by atoms with E-state index in [4.69, 9.17) is 9.84 Å². The van der Waals surface area contributed by atoms with E-state index < -0.39 is 12.0 Å². The quantitative estimate of drug-likeness (QED) is 0.890. The molecule has 1 aliphatic heterocycles. The maximum atomic E-state index is 12.3. The van der Waals surface area contributed by atoms with Crippen LogP contribution >= 0.6 is 0 Å². The van der Waals surface area contributed by atoms with Gasteiger partial charge in [-0.1, -0.05) is 12.1 Å². The van der Waals surface area contributed by atoms with Crippen molar-refractivity contribution in [2.45, 2.75) is 45.6 Å². The zero-order chi connectivity index (χ0) is 17.9. The van der Waals surface area contributed by atoms with Crippen molar-refractivity contribution in [2.75, 3.05) is 20.1 Å². The number of aliphatic carboxylic acids is 1. The Morgan fingerprint density at radius 1 is 1.25 bits per heavy atom. The van der Waals surface area contributed by atoms with Gasteiger partial charge in [0.25, 0.3) is 5.91 Å². The highest BCUT2D eigenvalue weighted by molar-refractivity contribution is 5.96. The van der Waals surface area contributed by atoms with E-state index in [1.54, 1.807) is 12.1 Å². The number of nitrogens with zero attached hydrogens (tertiary/aromatic N) is 2. The SMILES string of the molecule is C[C@@H]1CN(Cc2ccc(C(=O)N(C)[C@H](C)C(=O)O)cc2)C[C@H](C)O1. The lowest BCUT2D eigenvalue weighted by Gasteiger charge is -2.35. The zero-order valence-corrected chi connectivity index (χ0v) is 14.7. The Morgan fingerprint density at radius 3 is 2.29 bits per heavy atom. The first-order chi connectivity index (χ1) is 11.3. The van der Waals surface area contributed by atoms with Gasteiger partial charge in [-0.2, -0.15) is 0 Å². The topological polar surface area (TPSA) is 70.1 Å². The van der Waals surface area contributed by atoms with Gasteiger partial charge in [0.2, 0.25) is 0 Å². The van der Waals surface area contributed by atoms with Crippen molar-refractivity contribution in [3.05, 3.63) is 35.4 Å². The van der Waals surface area contributed by atoms with Crippen LogP contribution in [0.5, 0.6) is 0 Å². The second kappa shape index (κ2) is 7.77. The molecule has 0 bridgehead atoms. The van der Waals surface area contributed by atoms with Gasteiger partial charge in [-0.15, -0.1) is 0 Å². The van der Waals surface area contributed by atoms with Gasteiger partial charge in [0, 0.05) is 32.2 Å². The standard InChI is InChI=1S/C18H26N2O4/c1-12-9-20(10-13(2)24-12)11-15-5-7-16(8-6-15)17(21)19(4)14(3)18(22)23/h5-8,12-14H,9-11H2,1-4H3,(H,22,23)/t12-,13+,14-/m1/s1. The van der Waals surface area contributed by atoms with Crippen LogP contribution in [0.2, 0.25) is 0 Å². The summed E-state index contributed by atoms with van der Waals surface area (Å²) in [7, 11) is 1.51. The normalized spacial score (nSPS) is 22.8. The molecule has 1 heterocycles. The number of hydrogen-bond donors (Lipinski definition) is 1. The Labute approximate surface area is 143 Å². The van der Waals surface area contributed by atoms with E-state index in [-0.39, 0.29) is 18.1 Å². The van der Waals surface area contributed by atoms with Gasteiger partial charge in [0.15, 0.2) is 0 Å². The molecule has 1 N–H and O–H groups in total. The molecule has 1 amide bonds. The first kappa shape index (κ1) is 18.4. The Balaban J connectivity index is 2.00. The van der Waals surface area contributed by atoms with Crippen LogP contribution in [0.4, 0.5) is 0 Å². The van der Waals surface area contributed by atoms with E-state index >= 15 is 0 Å². The Morgan fingerprint density at radius 2 is 1.79 bits per heavy atom. The summed E-state index contributed by atoms with van der Waals surface area (Å²) in [5.74, 6) is -1.30. The number of carbonyl (C=O) groups excluding carboxylic acids is 1. The third kappa shape index (κ3) is 4.55. The number of hydrogen-bond acceptors (Lipinski definition) is 4. The van der Waals surface area contributed by atoms with Crippen molar-refractivity contribution in [3.8, 4) is 0 Å². The smallest absolute Gasteiger partial charge is 0.326 e. The van der Waals surface area contributed by atoms with Crippen LogP contribution in [0.3, 0.4) is 0 Å². The van der Waals surface area contributed by atoms with Crippen LogP contribution < -0.4 is 0 Å². The summed E-state index contributed by atoms with van der Waals surface area (Å²) in [4.78, 5) is 26.9. The van der Waals surface area contributed by atoms with E-state index in [0.717, 1.165) is 25.2 Å². The minimum Gasteiger partial charge on any atom is -0.480 e. The average molecular weight is 334 g/mol. The van der Waals surface area contributed by atoms with Crippen LogP contribution in [-0.2, 0) is 16.1 Å². The molecule has 0 aliphatic carbocycles. The molecule has 1 aliphatic rings. The summed E-state index contributed by atoms with van der Waals surface area (Å²) in [6.07, 6.45) is 0.446. The van der Waals surface area contributed by atoms with Gasteiger partial charge in [-0.3, -0.25) is 9.69 Å². The first-order valence-electron chi connectivity index (χ1n) is 8.24. The molecule has 6 nitrogen and oxygen atoms in total. The predicted molar refractivity (Wildman–Crippen MR) is 90.9 cm³/mol. The fourth-order valence-corrected chi connectivity index (χ4v) is 2.97. The summed E-state index contributed by atoms with van der Waals surface area (Å²) in [5.41, 5.74) is 1.62. The Kier molecular flexibility index (Phi) is 5.96. The fraction of sp³-hybridized carbons (Fsp3) is 0.556. The van der Waals surface area contributed by atoms with Gasteiger partial charge < -0.3 is 14.7 Å². The molecule has 0 radical (unpaired) electrons. The Hall–Kier alpha value is -1.92. The number of carboxylic acids is 1. The average Bonchev–Trinajstić information content (AvgIpc) is 2.52. The molecule has 0 spiro atoms. The molecule has 132 valence electrons. The molecule has 1 fully saturated rings. The molecular weight excluding hydrogens is 308 g/mol. The highest BCUT2D eigenvalue weighted by Crippen LogP contribution is 2.15. The molecular formula is C18H26N2O4. The molecule has 1 aromatic carbocycles. The lowest BCUT2D eigenvalue weighted by Crippen LogP contribution is -2.44. The molecule has 3 atom stereocenters. The van der Waals surface area contributed by atoms with Crippen LogP contribution in [-0.4, -0.2) is 65.2 Å². The van der Waals surface area contributed by atoms with Crippen molar-refractivity contribution in [3.63, 3.8) is 0 Å². The first-order valence-corrected chi connectivity index (χ1v) is 8.24. The number of benzene rings is 1. The van der Waals surface area contributed by atoms with Gasteiger partial charge in [0.05, 0.1) is 12.2 Å². The maximum absolute atomic E-state index is 12.3. The van der Waals surface area contributed by atoms with Crippen LogP contribution in [0.1, 0.15) is 36.7 Å². The summed E-state index contributed by atoms with van der Waals surface area (Å²) in [6.45, 7) is 8.24. The number of carboxylic acid groups (broad SMARTS) is 1. The molecule has 0 unspecified atom stereocenters. The van der Waals surface area contributed by atoms with E-state index in [9.17, 15) is 9.59 Å². The number of likely N-dealkylation sites (N-methyl/N-ethyl adjacent to an activating group) is 1. The number of ether oxygens (including phenoxy) is 1. The van der Waals surface area contributed by atoms with Gasteiger partial charge >= 0.3 is 5.97 Å². The molecule has 0 saturated carbocycles. The predicted octanol–water partition coefficient (Wildman–Crippen LogP) is 1.84. The molecule has 1 aromatic rings. The minimum absolute atomic E-state index is 0.223. The number of rotatable bonds is 5. The van der Waals surface area contributed by atoms with Gasteiger partial charge in [-0.05, 0) is 38.5 Å². The lowest BCUT2D eigenvalue weighted by molar-refractivity contribution is -0.141. The highest BCUT2D eigenvalue weighted by atomic mass is 16.5. The van der Waals surface area contributed by atoms with E-state index in [2.05, 4.69) is 18.7 Å². The molecule has 24 heavy (non-hydrogen) atoms. The zero-order valence-electron chi connectivity index (χ0n) is 14.7. The summed E-state index contributed by atoms with van der Waals surface area (Å²) in [6, 6.07) is 6.52. The van der Waals surface area contributed by atoms with Gasteiger partial charge in [0.1, 0.15) is 6.04 Å². The fourth-order valence-electron chi connectivity index (χ4n) is 2.97. The number of morpholine rings is 1. The van der Waals surface area contributed by atoms with Crippen LogP contribution in [0.25, 0.3) is 0 Å². The van der Waals surface area contributed by atoms with E-state index in [1.807, 2.05) is 12.1 Å². The second-order valence-corrected chi connectivity index (χ2v) is 6.58. The summed E-state index contributed by atoms with van der Waals surface area (Å²) < 4.78 is 5.73. The van der Waals surface area contributed by atoms with Crippen molar-refractivity contribution in [1.29, 1.82) is 0 Å². The van der Waals surface area contributed by atoms with Crippen molar-refractivity contribution in [1.82, 2.24) is 9.80 Å². The second-order valence-electron chi connectivity index (χ2n) is 6.58. The third-order valence-electron chi connectivity index (χ3n) is 4.36. The molecule has 1 saturated heterocycles. The maximum Gasteiger partial charge on any atom is 0.326 e. The monoisotopic (exact) mass is 334 g/mol. The molecule has 0 aromatic heterocycles. The lowest BCUT2D eigenvalue weighted by atomic mass is 10.1. The van der Waals surface area contributed by atoms with Crippen molar-refractivity contribution < 1.29 is 19.4 Å². The summed E-state index contributed by atoms with van der Waals surface area (Å²) in [5, 5.41) is 9.01. The molecule has 2 rings (SSSR count). The number of carbonyl (C=O) groups is 2.